The minimum atomic E-state index is -3.51. The molecule has 39 heavy (non-hydrogen) atoms. The molecule has 1 aromatic heterocycles. The van der Waals surface area contributed by atoms with E-state index in [4.69, 9.17) is 11.6 Å². The molecule has 0 spiro atoms. The van der Waals surface area contributed by atoms with Gasteiger partial charge < -0.3 is 4.57 Å². The number of hydrogen-bond acceptors (Lipinski definition) is 4. The maximum absolute atomic E-state index is 12.7. The van der Waals surface area contributed by atoms with Crippen molar-refractivity contribution >= 4 is 39.4 Å². The van der Waals surface area contributed by atoms with Crippen molar-refractivity contribution in [3.05, 3.63) is 117 Å². The van der Waals surface area contributed by atoms with Gasteiger partial charge in [0.2, 0.25) is 10.0 Å². The number of nitrogens with zero attached hydrogens (tertiary/aromatic N) is 3. The maximum Gasteiger partial charge on any atom is 0.271 e. The zero-order valence-electron chi connectivity index (χ0n) is 22.6. The summed E-state index contributed by atoms with van der Waals surface area (Å²) < 4.78 is 28.5. The monoisotopic (exact) mass is 562 g/mol. The van der Waals surface area contributed by atoms with E-state index in [0.29, 0.717) is 16.3 Å². The Morgan fingerprint density at radius 3 is 2.33 bits per heavy atom. The Morgan fingerprint density at radius 2 is 1.69 bits per heavy atom. The van der Waals surface area contributed by atoms with Crippen LogP contribution in [0.5, 0.6) is 0 Å². The van der Waals surface area contributed by atoms with Gasteiger partial charge in [0.15, 0.2) is 0 Å². The Balaban J connectivity index is 1.45. The lowest BCUT2D eigenvalue weighted by atomic mass is 10.1. The van der Waals surface area contributed by atoms with E-state index in [0.717, 1.165) is 39.3 Å². The molecule has 3 aromatic carbocycles. The predicted octanol–water partition coefficient (Wildman–Crippen LogP) is 6.09. The van der Waals surface area contributed by atoms with Crippen molar-refractivity contribution < 1.29 is 13.2 Å². The second-order valence-electron chi connectivity index (χ2n) is 9.58. The Labute approximate surface area is 234 Å². The van der Waals surface area contributed by atoms with E-state index >= 15 is 0 Å². The van der Waals surface area contributed by atoms with Crippen molar-refractivity contribution in [2.75, 3.05) is 10.6 Å². The summed E-state index contributed by atoms with van der Waals surface area (Å²) >= 11 is 6.16. The first-order valence-corrected chi connectivity index (χ1v) is 14.6. The summed E-state index contributed by atoms with van der Waals surface area (Å²) in [4.78, 5) is 12.7. The average molecular weight is 563 g/mol. The van der Waals surface area contributed by atoms with Crippen molar-refractivity contribution in [3.8, 4) is 5.69 Å². The van der Waals surface area contributed by atoms with Gasteiger partial charge in [-0.25, -0.2) is 13.8 Å². The van der Waals surface area contributed by atoms with Gasteiger partial charge in [-0.2, -0.15) is 5.10 Å². The lowest BCUT2D eigenvalue weighted by Crippen LogP contribution is -2.29. The van der Waals surface area contributed by atoms with Crippen molar-refractivity contribution in [2.45, 2.75) is 34.2 Å². The number of carbonyl (C=O) groups is 1. The SMILES string of the molecule is Cc1ccc(N(Cc2ccc(C(=O)N/N=C/c3cc(C)n(-c4cccc(Cl)c4)c3C)cc2)S(C)(=O)=O)cc1C. The standard InChI is InChI=1S/C30H31ClN4O3S/c1-20-9-14-28(15-21(20)2)34(39(5,37)38)19-24-10-12-25(13-11-24)30(36)33-32-18-26-16-22(3)35(23(26)4)29-8-6-7-27(31)17-29/h6-18H,19H2,1-5H3,(H,33,36)/b32-18+. The average Bonchev–Trinajstić information content (AvgIpc) is 3.16. The number of carbonyl (C=O) groups excluding carboxylic acids is 1. The first-order chi connectivity index (χ1) is 18.4. The molecule has 202 valence electrons. The third-order valence-electron chi connectivity index (χ3n) is 6.63. The van der Waals surface area contributed by atoms with Crippen LogP contribution in [0.4, 0.5) is 5.69 Å². The van der Waals surface area contributed by atoms with E-state index in [1.165, 1.54) is 10.6 Å². The van der Waals surface area contributed by atoms with Crippen LogP contribution in [-0.2, 0) is 16.6 Å². The highest BCUT2D eigenvalue weighted by molar-refractivity contribution is 7.92. The highest BCUT2D eigenvalue weighted by atomic mass is 35.5. The summed E-state index contributed by atoms with van der Waals surface area (Å²) in [5.41, 5.74) is 10.3. The molecule has 4 aromatic rings. The van der Waals surface area contributed by atoms with Crippen LogP contribution in [0.25, 0.3) is 5.69 Å². The zero-order chi connectivity index (χ0) is 28.3. The van der Waals surface area contributed by atoms with Crippen LogP contribution in [0.3, 0.4) is 0 Å². The smallest absolute Gasteiger partial charge is 0.271 e. The van der Waals surface area contributed by atoms with Crippen molar-refractivity contribution in [3.63, 3.8) is 0 Å². The van der Waals surface area contributed by atoms with E-state index in [1.54, 1.807) is 36.5 Å². The number of halogens is 1. The normalized spacial score (nSPS) is 11.6. The Morgan fingerprint density at radius 1 is 0.974 bits per heavy atom. The van der Waals surface area contributed by atoms with E-state index in [9.17, 15) is 13.2 Å². The van der Waals surface area contributed by atoms with Crippen molar-refractivity contribution in [2.24, 2.45) is 5.10 Å². The first-order valence-electron chi connectivity index (χ1n) is 12.4. The van der Waals surface area contributed by atoms with Gasteiger partial charge in [0.05, 0.1) is 24.7 Å². The second-order valence-corrected chi connectivity index (χ2v) is 11.9. The predicted molar refractivity (Wildman–Crippen MR) is 159 cm³/mol. The third kappa shape index (κ3) is 6.58. The molecule has 0 aliphatic heterocycles. The molecule has 7 nitrogen and oxygen atoms in total. The van der Waals surface area contributed by atoms with E-state index in [1.807, 2.05) is 70.2 Å². The third-order valence-corrected chi connectivity index (χ3v) is 8.00. The van der Waals surface area contributed by atoms with Crippen molar-refractivity contribution in [1.82, 2.24) is 9.99 Å². The van der Waals surface area contributed by atoms with E-state index in [2.05, 4.69) is 15.1 Å². The highest BCUT2D eigenvalue weighted by Crippen LogP contribution is 2.24. The molecule has 9 heteroatoms. The number of rotatable bonds is 8. The van der Waals surface area contributed by atoms with Crippen LogP contribution in [0.2, 0.25) is 5.02 Å². The van der Waals surface area contributed by atoms with Gasteiger partial charge >= 0.3 is 0 Å². The first kappa shape index (κ1) is 28.1. The molecule has 0 aliphatic carbocycles. The zero-order valence-corrected chi connectivity index (χ0v) is 24.1. The molecule has 1 heterocycles. The topological polar surface area (TPSA) is 83.8 Å². The maximum atomic E-state index is 12.7. The molecule has 0 fully saturated rings. The molecule has 0 saturated heterocycles. The molecule has 0 unspecified atom stereocenters. The molecule has 0 saturated carbocycles. The fourth-order valence-electron chi connectivity index (χ4n) is 4.36. The minimum absolute atomic E-state index is 0.156. The number of aromatic nitrogens is 1. The van der Waals surface area contributed by atoms with Gasteiger partial charge in [-0.1, -0.05) is 35.9 Å². The van der Waals surface area contributed by atoms with Gasteiger partial charge in [-0.3, -0.25) is 9.10 Å². The summed E-state index contributed by atoms with van der Waals surface area (Å²) in [6.07, 6.45) is 2.80. The molecule has 1 amide bonds. The number of hydrogen-bond donors (Lipinski definition) is 1. The number of amides is 1. The fourth-order valence-corrected chi connectivity index (χ4v) is 5.43. The van der Waals surface area contributed by atoms with E-state index in [-0.39, 0.29) is 12.5 Å². The van der Waals surface area contributed by atoms with Crippen LogP contribution in [-0.4, -0.2) is 31.4 Å². The quantitative estimate of drug-likeness (QED) is 0.208. The van der Waals surface area contributed by atoms with Gasteiger partial charge in [-0.05, 0) is 92.9 Å². The van der Waals surface area contributed by atoms with Gasteiger partial charge in [-0.15, -0.1) is 0 Å². The number of aryl methyl sites for hydroxylation is 3. The summed E-state index contributed by atoms with van der Waals surface area (Å²) in [6, 6.07) is 22.0. The number of benzene rings is 3. The van der Waals surface area contributed by atoms with Gasteiger partial charge in [0, 0.05) is 33.2 Å². The molecule has 0 bridgehead atoms. The molecular weight excluding hydrogens is 532 g/mol. The lowest BCUT2D eigenvalue weighted by molar-refractivity contribution is 0.0955. The van der Waals surface area contributed by atoms with Crippen LogP contribution in [0.15, 0.2) is 77.9 Å². The van der Waals surface area contributed by atoms with Crippen LogP contribution >= 0.6 is 11.6 Å². The summed E-state index contributed by atoms with van der Waals surface area (Å²) in [7, 11) is -3.51. The number of hydrazone groups is 1. The number of anilines is 1. The molecule has 0 atom stereocenters. The van der Waals surface area contributed by atoms with Crippen molar-refractivity contribution in [1.29, 1.82) is 0 Å². The van der Waals surface area contributed by atoms with E-state index < -0.39 is 10.0 Å². The fraction of sp³-hybridized carbons (Fsp3) is 0.200. The van der Waals surface area contributed by atoms with Gasteiger partial charge in [0.25, 0.3) is 5.91 Å². The lowest BCUT2D eigenvalue weighted by Gasteiger charge is -2.23. The largest absolute Gasteiger partial charge is 0.318 e. The highest BCUT2D eigenvalue weighted by Gasteiger charge is 2.19. The number of sulfonamides is 1. The summed E-state index contributed by atoms with van der Waals surface area (Å²) in [5, 5.41) is 4.81. The Bertz CT molecular complexity index is 1660. The summed E-state index contributed by atoms with van der Waals surface area (Å²) in [6.45, 7) is 8.07. The second kappa shape index (κ2) is 11.5. The molecule has 4 rings (SSSR count). The molecule has 0 radical (unpaired) electrons. The van der Waals surface area contributed by atoms with Crippen LogP contribution in [0.1, 0.15) is 44.0 Å². The van der Waals surface area contributed by atoms with Crippen LogP contribution in [0, 0.1) is 27.7 Å². The molecule has 1 N–H and O–H groups in total. The summed E-state index contributed by atoms with van der Waals surface area (Å²) in [5.74, 6) is -0.365. The molecular formula is C30H31ClN4O3S. The Hall–Kier alpha value is -3.88. The number of nitrogens with one attached hydrogen (secondary N) is 1. The minimum Gasteiger partial charge on any atom is -0.318 e. The molecule has 0 aliphatic rings. The van der Waals surface area contributed by atoms with Gasteiger partial charge in [0.1, 0.15) is 0 Å². The Kier molecular flexibility index (Phi) is 8.28. The van der Waals surface area contributed by atoms with Crippen LogP contribution < -0.4 is 9.73 Å².